The lowest BCUT2D eigenvalue weighted by Gasteiger charge is -2.31. The van der Waals surface area contributed by atoms with Gasteiger partial charge in [-0.05, 0) is 23.5 Å². The molecule has 1 amide bonds. The lowest BCUT2D eigenvalue weighted by atomic mass is 9.75. The molecule has 0 aromatic heterocycles. The van der Waals surface area contributed by atoms with E-state index in [1.165, 1.54) is 6.07 Å². The summed E-state index contributed by atoms with van der Waals surface area (Å²) < 4.78 is 43.6. The van der Waals surface area contributed by atoms with Crippen LogP contribution in [0.1, 0.15) is 36.2 Å². The third kappa shape index (κ3) is 2.52. The number of carbonyl (C=O) groups is 1. The molecular formula is C14H16F3NO2. The van der Waals surface area contributed by atoms with Gasteiger partial charge in [-0.25, -0.2) is 0 Å². The zero-order valence-corrected chi connectivity index (χ0v) is 11.3. The molecule has 1 aliphatic rings. The van der Waals surface area contributed by atoms with Gasteiger partial charge in [-0.1, -0.05) is 32.0 Å². The molecular weight excluding hydrogens is 271 g/mol. The molecule has 0 bridgehead atoms. The summed E-state index contributed by atoms with van der Waals surface area (Å²) in [5.41, 5.74) is 3.06. The zero-order valence-electron chi connectivity index (χ0n) is 11.3. The maximum atomic E-state index is 13.0. The fraction of sp³-hybridized carbons (Fsp3) is 0.500. The van der Waals surface area contributed by atoms with Gasteiger partial charge in [0, 0.05) is 5.56 Å². The van der Waals surface area contributed by atoms with Crippen molar-refractivity contribution in [2.24, 2.45) is 5.73 Å². The summed E-state index contributed by atoms with van der Waals surface area (Å²) in [4.78, 5) is 11.4. The molecule has 2 N–H and O–H groups in total. The van der Waals surface area contributed by atoms with Crippen LogP contribution in [0.15, 0.2) is 24.3 Å². The number of carbonyl (C=O) groups excluding carboxylic acids is 1. The van der Waals surface area contributed by atoms with E-state index in [0.717, 1.165) is 0 Å². The first-order valence-corrected chi connectivity index (χ1v) is 6.19. The van der Waals surface area contributed by atoms with E-state index in [9.17, 15) is 18.0 Å². The molecule has 1 aromatic carbocycles. The first-order valence-electron chi connectivity index (χ1n) is 6.19. The molecule has 1 atom stereocenters. The van der Waals surface area contributed by atoms with Gasteiger partial charge in [-0.15, -0.1) is 0 Å². The van der Waals surface area contributed by atoms with Crippen LogP contribution >= 0.6 is 0 Å². The Morgan fingerprint density at radius 3 is 2.35 bits per heavy atom. The number of epoxide rings is 1. The van der Waals surface area contributed by atoms with E-state index < -0.39 is 23.1 Å². The molecule has 1 saturated heterocycles. The first kappa shape index (κ1) is 14.8. The van der Waals surface area contributed by atoms with Crippen LogP contribution in [-0.2, 0) is 10.2 Å². The Labute approximate surface area is 114 Å². The van der Waals surface area contributed by atoms with Crippen LogP contribution in [0.4, 0.5) is 13.2 Å². The smallest absolute Gasteiger partial charge is 0.366 e. The lowest BCUT2D eigenvalue weighted by molar-refractivity contribution is -0.188. The molecule has 0 spiro atoms. The molecule has 1 unspecified atom stereocenters. The van der Waals surface area contributed by atoms with Gasteiger partial charge < -0.3 is 10.5 Å². The average molecular weight is 287 g/mol. The van der Waals surface area contributed by atoms with Crippen LogP contribution in [0.25, 0.3) is 0 Å². The van der Waals surface area contributed by atoms with E-state index >= 15 is 0 Å². The van der Waals surface area contributed by atoms with Crippen molar-refractivity contribution >= 4 is 5.91 Å². The molecule has 1 fully saturated rings. The second-order valence-electron chi connectivity index (χ2n) is 5.75. The highest BCUT2D eigenvalue weighted by Crippen LogP contribution is 2.51. The topological polar surface area (TPSA) is 55.6 Å². The van der Waals surface area contributed by atoms with Crippen molar-refractivity contribution in [3.63, 3.8) is 0 Å². The van der Waals surface area contributed by atoms with E-state index in [-0.39, 0.29) is 18.6 Å². The van der Waals surface area contributed by atoms with Crippen LogP contribution in [0, 0.1) is 0 Å². The van der Waals surface area contributed by atoms with Crippen molar-refractivity contribution in [1.82, 2.24) is 0 Å². The van der Waals surface area contributed by atoms with Gasteiger partial charge in [0.15, 0.2) is 5.60 Å². The molecule has 0 saturated carbocycles. The van der Waals surface area contributed by atoms with E-state index in [1.54, 1.807) is 32.0 Å². The minimum Gasteiger partial charge on any atom is -0.366 e. The monoisotopic (exact) mass is 287 g/mol. The van der Waals surface area contributed by atoms with Gasteiger partial charge in [-0.2, -0.15) is 13.2 Å². The standard InChI is InChI=1S/C14H16F3NO2/c1-12(2,7-13(8-20-13)14(15,16)17)10-6-4-3-5-9(10)11(18)19/h3-6H,7-8H2,1-2H3,(H2,18,19). The zero-order chi connectivity index (χ0) is 15.2. The second kappa shape index (κ2) is 4.48. The lowest BCUT2D eigenvalue weighted by Crippen LogP contribution is -2.39. The summed E-state index contributed by atoms with van der Waals surface area (Å²) in [7, 11) is 0. The van der Waals surface area contributed by atoms with Crippen molar-refractivity contribution in [2.45, 2.75) is 37.5 Å². The fourth-order valence-corrected chi connectivity index (χ4v) is 2.55. The molecule has 2 rings (SSSR count). The van der Waals surface area contributed by atoms with Crippen LogP contribution in [0.3, 0.4) is 0 Å². The normalized spacial score (nSPS) is 22.6. The van der Waals surface area contributed by atoms with Gasteiger partial charge in [0.05, 0.1) is 6.61 Å². The van der Waals surface area contributed by atoms with Gasteiger partial charge >= 0.3 is 6.18 Å². The number of hydrogen-bond donors (Lipinski definition) is 1. The Morgan fingerprint density at radius 2 is 1.90 bits per heavy atom. The number of nitrogens with two attached hydrogens (primary N) is 1. The molecule has 0 radical (unpaired) electrons. The second-order valence-corrected chi connectivity index (χ2v) is 5.75. The summed E-state index contributed by atoms with van der Waals surface area (Å²) in [6.45, 7) is 2.98. The fourth-order valence-electron chi connectivity index (χ4n) is 2.55. The van der Waals surface area contributed by atoms with Gasteiger partial charge in [-0.3, -0.25) is 4.79 Å². The first-order chi connectivity index (χ1) is 9.09. The SMILES string of the molecule is CC(C)(CC1(C(F)(F)F)CO1)c1ccccc1C(N)=O. The Hall–Kier alpha value is -1.56. The summed E-state index contributed by atoms with van der Waals surface area (Å²) >= 11 is 0. The molecule has 6 heteroatoms. The van der Waals surface area contributed by atoms with Crippen LogP contribution in [0.2, 0.25) is 0 Å². The molecule has 0 aliphatic carbocycles. The number of ether oxygens (including phenoxy) is 1. The summed E-state index contributed by atoms with van der Waals surface area (Å²) in [5.74, 6) is -0.647. The molecule has 1 aliphatic heterocycles. The summed E-state index contributed by atoms with van der Waals surface area (Å²) in [6, 6.07) is 6.46. The highest BCUT2D eigenvalue weighted by atomic mass is 19.4. The van der Waals surface area contributed by atoms with Crippen molar-refractivity contribution in [1.29, 1.82) is 0 Å². The Morgan fingerprint density at radius 1 is 1.35 bits per heavy atom. The Balaban J connectivity index is 2.35. The van der Waals surface area contributed by atoms with E-state index in [0.29, 0.717) is 5.56 Å². The quantitative estimate of drug-likeness (QED) is 0.866. The van der Waals surface area contributed by atoms with Gasteiger partial charge in [0.25, 0.3) is 0 Å². The number of halogens is 3. The summed E-state index contributed by atoms with van der Waals surface area (Å²) in [6.07, 6.45) is -4.65. The molecule has 3 nitrogen and oxygen atoms in total. The van der Waals surface area contributed by atoms with Crippen LogP contribution in [-0.4, -0.2) is 24.3 Å². The molecule has 20 heavy (non-hydrogen) atoms. The molecule has 1 heterocycles. The van der Waals surface area contributed by atoms with Crippen molar-refractivity contribution in [3.05, 3.63) is 35.4 Å². The van der Waals surface area contributed by atoms with Crippen LogP contribution < -0.4 is 5.73 Å². The molecule has 110 valence electrons. The number of hydrogen-bond acceptors (Lipinski definition) is 2. The van der Waals surface area contributed by atoms with E-state index in [1.807, 2.05) is 0 Å². The Kier molecular flexibility index (Phi) is 3.32. The number of amides is 1. The Bertz CT molecular complexity index is 533. The molecule has 1 aromatic rings. The van der Waals surface area contributed by atoms with Crippen molar-refractivity contribution in [2.75, 3.05) is 6.61 Å². The number of alkyl halides is 3. The number of benzene rings is 1. The minimum absolute atomic E-state index is 0.242. The largest absolute Gasteiger partial charge is 0.419 e. The van der Waals surface area contributed by atoms with E-state index in [4.69, 9.17) is 5.73 Å². The highest BCUT2D eigenvalue weighted by molar-refractivity contribution is 5.94. The predicted molar refractivity (Wildman–Crippen MR) is 67.3 cm³/mol. The van der Waals surface area contributed by atoms with Crippen molar-refractivity contribution < 1.29 is 22.7 Å². The minimum atomic E-state index is -4.41. The van der Waals surface area contributed by atoms with E-state index in [2.05, 4.69) is 4.74 Å². The van der Waals surface area contributed by atoms with Gasteiger partial charge in [0.1, 0.15) is 0 Å². The number of primary amides is 1. The van der Waals surface area contributed by atoms with Crippen molar-refractivity contribution in [3.8, 4) is 0 Å². The van der Waals surface area contributed by atoms with Crippen LogP contribution in [0.5, 0.6) is 0 Å². The number of rotatable bonds is 4. The van der Waals surface area contributed by atoms with Gasteiger partial charge in [0.2, 0.25) is 5.91 Å². The third-order valence-corrected chi connectivity index (χ3v) is 3.66. The summed E-state index contributed by atoms with van der Waals surface area (Å²) in [5, 5.41) is 0. The predicted octanol–water partition coefficient (Wildman–Crippen LogP) is 2.78. The maximum Gasteiger partial charge on any atom is 0.419 e. The third-order valence-electron chi connectivity index (χ3n) is 3.66. The average Bonchev–Trinajstić information content (AvgIpc) is 3.08. The highest BCUT2D eigenvalue weighted by Gasteiger charge is 2.67. The maximum absolute atomic E-state index is 13.0.